The van der Waals surface area contributed by atoms with E-state index in [1.807, 2.05) is 24.3 Å². The zero-order chi connectivity index (χ0) is 17.7. The molecule has 2 N–H and O–H groups in total. The normalized spacial score (nSPS) is 13.9. The number of imidazole rings is 1. The molecule has 1 aliphatic rings. The third-order valence-electron chi connectivity index (χ3n) is 5.32. The Morgan fingerprint density at radius 1 is 0.962 bits per heavy atom. The van der Waals surface area contributed by atoms with Crippen LogP contribution in [0.1, 0.15) is 28.8 Å². The van der Waals surface area contributed by atoms with E-state index in [9.17, 15) is 0 Å². The summed E-state index contributed by atoms with van der Waals surface area (Å²) in [5, 5.41) is 0. The molecule has 26 heavy (non-hydrogen) atoms. The second kappa shape index (κ2) is 5.99. The van der Waals surface area contributed by atoms with E-state index in [1.165, 1.54) is 52.9 Å². The van der Waals surface area contributed by atoms with Crippen LogP contribution in [-0.2, 0) is 12.8 Å². The Morgan fingerprint density at radius 3 is 2.50 bits per heavy atom. The molecule has 0 radical (unpaired) electrons. The Labute approximate surface area is 157 Å². The van der Waals surface area contributed by atoms with Gasteiger partial charge in [-0.1, -0.05) is 24.3 Å². The van der Waals surface area contributed by atoms with Gasteiger partial charge >= 0.3 is 0 Å². The molecule has 4 heteroatoms. The van der Waals surface area contributed by atoms with Crippen LogP contribution in [-0.4, -0.2) is 9.38 Å². The highest BCUT2D eigenvalue weighted by atomic mass is 32.1. The van der Waals surface area contributed by atoms with E-state index >= 15 is 0 Å². The topological polar surface area (TPSA) is 43.3 Å². The van der Waals surface area contributed by atoms with E-state index < -0.39 is 0 Å². The van der Waals surface area contributed by atoms with Gasteiger partial charge in [-0.3, -0.25) is 4.40 Å². The molecule has 0 atom stereocenters. The molecule has 0 spiro atoms. The Hall–Kier alpha value is -2.59. The van der Waals surface area contributed by atoms with E-state index in [4.69, 9.17) is 10.7 Å². The van der Waals surface area contributed by atoms with Crippen LogP contribution in [0.15, 0.2) is 48.7 Å². The first-order valence-electron chi connectivity index (χ1n) is 9.15. The summed E-state index contributed by atoms with van der Waals surface area (Å²) in [6.07, 6.45) is 7.21. The molecule has 0 saturated heterocycles. The number of nitrogens with two attached hydrogens (primary N) is 1. The molecule has 5 rings (SSSR count). The lowest BCUT2D eigenvalue weighted by atomic mass is 9.90. The van der Waals surface area contributed by atoms with Crippen molar-refractivity contribution in [3.63, 3.8) is 0 Å². The van der Waals surface area contributed by atoms with E-state index in [0.717, 1.165) is 21.9 Å². The Balaban J connectivity index is 1.63. The van der Waals surface area contributed by atoms with Crippen LogP contribution in [0.2, 0.25) is 0 Å². The molecule has 0 unspecified atom stereocenters. The van der Waals surface area contributed by atoms with Gasteiger partial charge in [-0.05, 0) is 67.5 Å². The summed E-state index contributed by atoms with van der Waals surface area (Å²) in [7, 11) is 0. The van der Waals surface area contributed by atoms with Crippen LogP contribution in [0.5, 0.6) is 0 Å². The number of anilines is 1. The highest BCUT2D eigenvalue weighted by Gasteiger charge is 2.17. The van der Waals surface area contributed by atoms with Gasteiger partial charge in [-0.2, -0.15) is 0 Å². The molecule has 0 amide bonds. The molecule has 3 nitrogen and oxygen atoms in total. The number of aromatic nitrogens is 2. The molecular formula is C22H21N3S. The standard InChI is InChI=1S/C22H21N3S/c1-14-21(18-7-6-15-4-2-3-5-17(15)12-18)25-13-20(24-22(25)26-14)16-8-10-19(23)11-9-16/h6-13H,2-5,23H2,1H3. The quantitative estimate of drug-likeness (QED) is 0.480. The first-order chi connectivity index (χ1) is 12.7. The summed E-state index contributed by atoms with van der Waals surface area (Å²) in [4.78, 5) is 7.20. The summed E-state index contributed by atoms with van der Waals surface area (Å²) in [5.41, 5.74) is 14.3. The smallest absolute Gasteiger partial charge is 0.194 e. The highest BCUT2D eigenvalue weighted by molar-refractivity contribution is 7.17. The molecule has 1 aliphatic carbocycles. The van der Waals surface area contributed by atoms with Gasteiger partial charge in [0.15, 0.2) is 4.96 Å². The van der Waals surface area contributed by atoms with Gasteiger partial charge in [0.25, 0.3) is 0 Å². The number of nitrogens with zero attached hydrogens (tertiary/aromatic N) is 2. The van der Waals surface area contributed by atoms with Gasteiger partial charge < -0.3 is 5.73 Å². The van der Waals surface area contributed by atoms with Crippen LogP contribution < -0.4 is 5.73 Å². The lowest BCUT2D eigenvalue weighted by Gasteiger charge is -2.16. The predicted molar refractivity (Wildman–Crippen MR) is 110 cm³/mol. The average molecular weight is 359 g/mol. The molecule has 0 saturated carbocycles. The fraction of sp³-hybridized carbons (Fsp3) is 0.227. The zero-order valence-electron chi connectivity index (χ0n) is 14.8. The van der Waals surface area contributed by atoms with Crippen molar-refractivity contribution in [3.8, 4) is 22.5 Å². The van der Waals surface area contributed by atoms with Gasteiger partial charge in [0.2, 0.25) is 0 Å². The lowest BCUT2D eigenvalue weighted by Crippen LogP contribution is -2.02. The monoisotopic (exact) mass is 359 g/mol. The molecule has 4 aromatic rings. The maximum absolute atomic E-state index is 5.81. The van der Waals surface area contributed by atoms with E-state index in [-0.39, 0.29) is 0 Å². The van der Waals surface area contributed by atoms with Gasteiger partial charge in [-0.25, -0.2) is 4.98 Å². The van der Waals surface area contributed by atoms with Gasteiger partial charge in [-0.15, -0.1) is 11.3 Å². The Kier molecular flexibility index (Phi) is 3.61. The number of fused-ring (bicyclic) bond motifs is 2. The minimum atomic E-state index is 0.778. The van der Waals surface area contributed by atoms with Crippen LogP contribution >= 0.6 is 11.3 Å². The van der Waals surface area contributed by atoms with E-state index in [0.29, 0.717) is 0 Å². The van der Waals surface area contributed by atoms with Crippen molar-refractivity contribution in [2.75, 3.05) is 5.73 Å². The molecule has 2 heterocycles. The van der Waals surface area contributed by atoms with Crippen molar-refractivity contribution >= 4 is 22.0 Å². The first kappa shape index (κ1) is 15.6. The summed E-state index contributed by atoms with van der Waals surface area (Å²) < 4.78 is 2.25. The number of hydrogen-bond donors (Lipinski definition) is 1. The molecule has 130 valence electrons. The van der Waals surface area contributed by atoms with Crippen molar-refractivity contribution < 1.29 is 0 Å². The van der Waals surface area contributed by atoms with Gasteiger partial charge in [0, 0.05) is 22.3 Å². The number of aryl methyl sites for hydroxylation is 3. The van der Waals surface area contributed by atoms with Crippen molar-refractivity contribution in [3.05, 3.63) is 64.7 Å². The minimum Gasteiger partial charge on any atom is -0.399 e. The summed E-state index contributed by atoms with van der Waals surface area (Å²) in [6, 6.07) is 14.9. The summed E-state index contributed by atoms with van der Waals surface area (Å²) in [5.74, 6) is 0. The van der Waals surface area contributed by atoms with Crippen molar-refractivity contribution in [1.29, 1.82) is 0 Å². The minimum absolute atomic E-state index is 0.778. The van der Waals surface area contributed by atoms with Crippen LogP contribution in [0, 0.1) is 6.92 Å². The maximum atomic E-state index is 5.81. The van der Waals surface area contributed by atoms with Gasteiger partial charge in [0.05, 0.1) is 11.4 Å². The average Bonchev–Trinajstić information content (AvgIpc) is 3.18. The predicted octanol–water partition coefficient (Wildman–Crippen LogP) is 5.50. The van der Waals surface area contributed by atoms with Crippen LogP contribution in [0.25, 0.3) is 27.5 Å². The fourth-order valence-electron chi connectivity index (χ4n) is 3.97. The van der Waals surface area contributed by atoms with Crippen LogP contribution in [0.4, 0.5) is 5.69 Å². The van der Waals surface area contributed by atoms with Crippen LogP contribution in [0.3, 0.4) is 0 Å². The number of thiazole rings is 1. The Bertz CT molecular complexity index is 1100. The number of nitrogen functional groups attached to an aromatic ring is 1. The molecule has 0 fully saturated rings. The SMILES string of the molecule is Cc1sc2nc(-c3ccc(N)cc3)cn2c1-c1ccc2c(c1)CCCC2. The van der Waals surface area contributed by atoms with E-state index in [1.54, 1.807) is 11.3 Å². The first-order valence-corrected chi connectivity index (χ1v) is 9.97. The lowest BCUT2D eigenvalue weighted by molar-refractivity contribution is 0.686. The highest BCUT2D eigenvalue weighted by Crippen LogP contribution is 2.35. The van der Waals surface area contributed by atoms with Gasteiger partial charge in [0.1, 0.15) is 0 Å². The van der Waals surface area contributed by atoms with E-state index in [2.05, 4.69) is 35.7 Å². The molecular weight excluding hydrogens is 338 g/mol. The number of hydrogen-bond acceptors (Lipinski definition) is 3. The summed E-state index contributed by atoms with van der Waals surface area (Å²) in [6.45, 7) is 2.19. The Morgan fingerprint density at radius 2 is 1.69 bits per heavy atom. The van der Waals surface area contributed by atoms with Crippen molar-refractivity contribution in [2.24, 2.45) is 0 Å². The molecule has 0 bridgehead atoms. The fourth-order valence-corrected chi connectivity index (χ4v) is 4.94. The third kappa shape index (κ3) is 2.53. The van der Waals surface area contributed by atoms with Crippen molar-refractivity contribution in [2.45, 2.75) is 32.6 Å². The maximum Gasteiger partial charge on any atom is 0.194 e. The second-order valence-electron chi connectivity index (χ2n) is 7.10. The third-order valence-corrected chi connectivity index (χ3v) is 6.29. The number of benzene rings is 2. The second-order valence-corrected chi connectivity index (χ2v) is 8.28. The molecule has 0 aliphatic heterocycles. The number of rotatable bonds is 2. The largest absolute Gasteiger partial charge is 0.399 e. The zero-order valence-corrected chi connectivity index (χ0v) is 15.6. The molecule has 2 aromatic heterocycles. The summed E-state index contributed by atoms with van der Waals surface area (Å²) >= 11 is 1.76. The molecule has 2 aromatic carbocycles. The van der Waals surface area contributed by atoms with Crippen molar-refractivity contribution in [1.82, 2.24) is 9.38 Å².